The number of ether oxygens (including phenoxy) is 1. The second kappa shape index (κ2) is 5.21. The van der Waals surface area contributed by atoms with Crippen LogP contribution in [0.15, 0.2) is 18.2 Å². The number of carboxylic acids is 1. The molecule has 1 aliphatic carbocycles. The number of hydrogen-bond acceptors (Lipinski definition) is 4. The highest BCUT2D eigenvalue weighted by Crippen LogP contribution is 2.31. The Morgan fingerprint density at radius 1 is 1.42 bits per heavy atom. The summed E-state index contributed by atoms with van der Waals surface area (Å²) in [4.78, 5) is 10.9. The molecule has 1 aromatic carbocycles. The van der Waals surface area contributed by atoms with Crippen LogP contribution >= 0.6 is 0 Å². The zero-order valence-corrected chi connectivity index (χ0v) is 11.4. The average Bonchev–Trinajstić information content (AvgIpc) is 3.09. The number of aromatic carboxylic acids is 1. The Kier molecular flexibility index (Phi) is 3.80. The molecule has 2 rings (SSSR count). The van der Waals surface area contributed by atoms with Crippen molar-refractivity contribution in [2.24, 2.45) is 5.92 Å². The molecule has 1 saturated carbocycles. The lowest BCUT2D eigenvalue weighted by Crippen LogP contribution is -2.07. The molecule has 6 heteroatoms. The van der Waals surface area contributed by atoms with Gasteiger partial charge in [-0.1, -0.05) is 6.07 Å². The van der Waals surface area contributed by atoms with E-state index in [2.05, 4.69) is 0 Å². The highest BCUT2D eigenvalue weighted by atomic mass is 32.2. The first-order valence-corrected chi connectivity index (χ1v) is 8.08. The van der Waals surface area contributed by atoms with Gasteiger partial charge in [-0.3, -0.25) is 0 Å². The van der Waals surface area contributed by atoms with Crippen molar-refractivity contribution in [2.45, 2.75) is 18.6 Å². The molecular weight excluding hydrogens is 268 g/mol. The van der Waals surface area contributed by atoms with Crippen molar-refractivity contribution in [3.63, 3.8) is 0 Å². The zero-order valence-electron chi connectivity index (χ0n) is 10.6. The Bertz CT molecular complexity index is 587. The van der Waals surface area contributed by atoms with E-state index in [1.54, 1.807) is 0 Å². The lowest BCUT2D eigenvalue weighted by Gasteiger charge is -2.11. The van der Waals surface area contributed by atoms with Crippen LogP contribution in [0, 0.1) is 5.92 Å². The number of rotatable bonds is 6. The second-order valence-electron chi connectivity index (χ2n) is 4.95. The van der Waals surface area contributed by atoms with E-state index < -0.39 is 15.8 Å². The first-order chi connectivity index (χ1) is 8.85. The third-order valence-electron chi connectivity index (χ3n) is 2.90. The molecule has 0 heterocycles. The predicted octanol–water partition coefficient (Wildman–Crippen LogP) is 1.72. The van der Waals surface area contributed by atoms with Gasteiger partial charge in [0.1, 0.15) is 5.75 Å². The Morgan fingerprint density at radius 3 is 2.63 bits per heavy atom. The monoisotopic (exact) mass is 284 g/mol. The molecule has 0 saturated heterocycles. The van der Waals surface area contributed by atoms with E-state index in [0.717, 1.165) is 19.1 Å². The largest absolute Gasteiger partial charge is 0.493 e. The van der Waals surface area contributed by atoms with Crippen molar-refractivity contribution in [1.29, 1.82) is 0 Å². The van der Waals surface area contributed by atoms with Crippen LogP contribution in [0.1, 0.15) is 28.8 Å². The summed E-state index contributed by atoms with van der Waals surface area (Å²) in [5.41, 5.74) is 0.608. The van der Waals surface area contributed by atoms with Gasteiger partial charge in [-0.25, -0.2) is 13.2 Å². The molecule has 19 heavy (non-hydrogen) atoms. The molecule has 0 unspecified atom stereocenters. The van der Waals surface area contributed by atoms with Gasteiger partial charge in [-0.15, -0.1) is 0 Å². The van der Waals surface area contributed by atoms with Crippen molar-refractivity contribution in [3.05, 3.63) is 29.3 Å². The summed E-state index contributed by atoms with van der Waals surface area (Å²) in [6.07, 6.45) is 3.36. The van der Waals surface area contributed by atoms with Gasteiger partial charge in [-0.2, -0.15) is 0 Å². The van der Waals surface area contributed by atoms with Crippen LogP contribution < -0.4 is 4.74 Å². The van der Waals surface area contributed by atoms with Crippen LogP contribution in [0.5, 0.6) is 5.75 Å². The first kappa shape index (κ1) is 13.9. The molecule has 104 valence electrons. The summed E-state index contributed by atoms with van der Waals surface area (Å²) in [5.74, 6) is -0.327. The third-order valence-corrected chi connectivity index (χ3v) is 3.74. The second-order valence-corrected chi connectivity index (χ2v) is 7.09. The molecule has 1 N–H and O–H groups in total. The number of benzene rings is 1. The van der Waals surface area contributed by atoms with Gasteiger partial charge in [0.25, 0.3) is 0 Å². The summed E-state index contributed by atoms with van der Waals surface area (Å²) in [6, 6.07) is 4.30. The molecule has 0 amide bonds. The van der Waals surface area contributed by atoms with Crippen molar-refractivity contribution >= 4 is 15.8 Å². The fourth-order valence-electron chi connectivity index (χ4n) is 1.72. The normalized spacial score (nSPS) is 15.2. The molecular formula is C13H16O5S. The lowest BCUT2D eigenvalue weighted by molar-refractivity contribution is 0.0696. The van der Waals surface area contributed by atoms with E-state index in [4.69, 9.17) is 9.84 Å². The minimum Gasteiger partial charge on any atom is -0.493 e. The zero-order chi connectivity index (χ0) is 14.0. The molecule has 0 bridgehead atoms. The summed E-state index contributed by atoms with van der Waals surface area (Å²) in [5, 5.41) is 8.95. The minimum atomic E-state index is -3.18. The predicted molar refractivity (Wildman–Crippen MR) is 70.2 cm³/mol. The van der Waals surface area contributed by atoms with E-state index in [-0.39, 0.29) is 11.3 Å². The SMILES string of the molecule is CS(=O)(=O)Cc1ccc(C(=O)O)cc1OCC1CC1. The maximum atomic E-state index is 11.4. The molecule has 0 aromatic heterocycles. The Morgan fingerprint density at radius 2 is 2.11 bits per heavy atom. The molecule has 1 aromatic rings. The van der Waals surface area contributed by atoms with Gasteiger partial charge in [0.15, 0.2) is 9.84 Å². The summed E-state index contributed by atoms with van der Waals surface area (Å²) in [7, 11) is -3.18. The number of sulfone groups is 1. The van der Waals surface area contributed by atoms with E-state index in [0.29, 0.717) is 23.8 Å². The van der Waals surface area contributed by atoms with Gasteiger partial charge < -0.3 is 9.84 Å². The van der Waals surface area contributed by atoms with Gasteiger partial charge >= 0.3 is 5.97 Å². The molecule has 0 aliphatic heterocycles. The topological polar surface area (TPSA) is 80.7 Å². The van der Waals surface area contributed by atoms with E-state index in [1.807, 2.05) is 0 Å². The molecule has 0 spiro atoms. The third kappa shape index (κ3) is 4.24. The summed E-state index contributed by atoms with van der Waals surface area (Å²) >= 11 is 0. The molecule has 0 radical (unpaired) electrons. The van der Waals surface area contributed by atoms with Gasteiger partial charge in [0.05, 0.1) is 17.9 Å². The van der Waals surface area contributed by atoms with Crippen LogP contribution in [0.2, 0.25) is 0 Å². The van der Waals surface area contributed by atoms with Gasteiger partial charge in [0.2, 0.25) is 0 Å². The van der Waals surface area contributed by atoms with E-state index in [1.165, 1.54) is 18.2 Å². The number of carbonyl (C=O) groups is 1. The van der Waals surface area contributed by atoms with Gasteiger partial charge in [-0.05, 0) is 30.9 Å². The standard InChI is InChI=1S/C13H16O5S/c1-19(16,17)8-11-5-4-10(13(14)15)6-12(11)18-7-9-2-3-9/h4-6,9H,2-3,7-8H2,1H3,(H,14,15). The highest BCUT2D eigenvalue weighted by molar-refractivity contribution is 7.89. The van der Waals surface area contributed by atoms with Crippen LogP contribution in [0.25, 0.3) is 0 Å². The minimum absolute atomic E-state index is 0.100. The highest BCUT2D eigenvalue weighted by Gasteiger charge is 2.23. The fourth-order valence-corrected chi connectivity index (χ4v) is 2.52. The van der Waals surface area contributed by atoms with Crippen molar-refractivity contribution < 1.29 is 23.1 Å². The van der Waals surface area contributed by atoms with Crippen molar-refractivity contribution in [1.82, 2.24) is 0 Å². The molecule has 0 atom stereocenters. The number of carboxylic acid groups (broad SMARTS) is 1. The fraction of sp³-hybridized carbons (Fsp3) is 0.462. The smallest absolute Gasteiger partial charge is 0.335 e. The first-order valence-electron chi connectivity index (χ1n) is 6.02. The van der Waals surface area contributed by atoms with Crippen LogP contribution in [-0.2, 0) is 15.6 Å². The Hall–Kier alpha value is -1.56. The quantitative estimate of drug-likeness (QED) is 0.860. The molecule has 5 nitrogen and oxygen atoms in total. The Labute approximate surface area is 112 Å². The average molecular weight is 284 g/mol. The van der Waals surface area contributed by atoms with Crippen molar-refractivity contribution in [3.8, 4) is 5.75 Å². The van der Waals surface area contributed by atoms with E-state index in [9.17, 15) is 13.2 Å². The molecule has 1 aliphatic rings. The summed E-state index contributed by atoms with van der Waals surface area (Å²) < 4.78 is 28.3. The number of hydrogen-bond donors (Lipinski definition) is 1. The van der Waals surface area contributed by atoms with Crippen LogP contribution in [-0.4, -0.2) is 32.4 Å². The van der Waals surface area contributed by atoms with Gasteiger partial charge in [0, 0.05) is 11.8 Å². The lowest BCUT2D eigenvalue weighted by atomic mass is 10.1. The van der Waals surface area contributed by atoms with Crippen LogP contribution in [0.3, 0.4) is 0 Å². The van der Waals surface area contributed by atoms with Crippen molar-refractivity contribution in [2.75, 3.05) is 12.9 Å². The van der Waals surface area contributed by atoms with Crippen LogP contribution in [0.4, 0.5) is 0 Å². The molecule has 1 fully saturated rings. The maximum Gasteiger partial charge on any atom is 0.335 e. The summed E-state index contributed by atoms with van der Waals surface area (Å²) in [6.45, 7) is 0.514. The Balaban J connectivity index is 2.25. The van der Waals surface area contributed by atoms with E-state index >= 15 is 0 Å². The maximum absolute atomic E-state index is 11.4.